The molecule has 1 aliphatic rings. The van der Waals surface area contributed by atoms with Crippen molar-refractivity contribution < 1.29 is 27.8 Å². The quantitative estimate of drug-likeness (QED) is 0.472. The van der Waals surface area contributed by atoms with Crippen molar-refractivity contribution in [3.05, 3.63) is 77.2 Å². The van der Waals surface area contributed by atoms with Crippen LogP contribution in [0.15, 0.2) is 48.7 Å². The number of aromatic nitrogens is 1. The number of benzene rings is 2. The fraction of sp³-hybridized carbons (Fsp3) is 0.333. The van der Waals surface area contributed by atoms with Gasteiger partial charge in [-0.2, -0.15) is 0 Å². The molecule has 3 aromatic rings. The topological polar surface area (TPSA) is 65.9 Å². The number of nitrogens with zero attached hydrogens (tertiary/aromatic N) is 3. The molecule has 0 unspecified atom stereocenters. The van der Waals surface area contributed by atoms with Crippen LogP contribution in [-0.2, 0) is 11.2 Å². The van der Waals surface area contributed by atoms with Crippen molar-refractivity contribution in [1.82, 2.24) is 14.8 Å². The standard InChI is InChI=1S/C27H28F3N3O3/c1-36-20-7-9-25-22(15-20)21(24(30)16-31-25)5-3-11-33-13-12-32(17-26(33)27(34)35)10-2-4-18-14-19(28)6-8-23(18)29/h2,4,6-9,14-16,26H,3,5,10-13,17H2,1H3,(H,34,35)/b4-2+/t26-/m1/s1. The van der Waals surface area contributed by atoms with Crippen LogP contribution in [-0.4, -0.2) is 71.7 Å². The highest BCUT2D eigenvalue weighted by Gasteiger charge is 2.31. The number of aliphatic carboxylic acids is 1. The molecule has 1 fully saturated rings. The van der Waals surface area contributed by atoms with E-state index < -0.39 is 29.5 Å². The zero-order valence-electron chi connectivity index (χ0n) is 20.0. The third-order valence-electron chi connectivity index (χ3n) is 6.49. The van der Waals surface area contributed by atoms with Gasteiger partial charge in [0.25, 0.3) is 0 Å². The number of rotatable bonds is 9. The van der Waals surface area contributed by atoms with Crippen LogP contribution in [0.5, 0.6) is 5.75 Å². The third-order valence-corrected chi connectivity index (χ3v) is 6.49. The van der Waals surface area contributed by atoms with Gasteiger partial charge in [0.15, 0.2) is 0 Å². The molecule has 4 rings (SSSR count). The fourth-order valence-electron chi connectivity index (χ4n) is 4.56. The van der Waals surface area contributed by atoms with Gasteiger partial charge in [-0.1, -0.05) is 12.2 Å². The Morgan fingerprint density at radius 1 is 1.17 bits per heavy atom. The number of hydrogen-bond acceptors (Lipinski definition) is 5. The van der Waals surface area contributed by atoms with Gasteiger partial charge in [0, 0.05) is 37.1 Å². The number of ether oxygens (including phenoxy) is 1. The summed E-state index contributed by atoms with van der Waals surface area (Å²) in [6.07, 6.45) is 5.44. The van der Waals surface area contributed by atoms with Crippen LogP contribution in [0.3, 0.4) is 0 Å². The summed E-state index contributed by atoms with van der Waals surface area (Å²) in [6.45, 7) is 2.39. The Morgan fingerprint density at radius 3 is 2.78 bits per heavy atom. The number of hydrogen-bond donors (Lipinski definition) is 1. The normalized spacial score (nSPS) is 17.2. The minimum absolute atomic E-state index is 0.150. The summed E-state index contributed by atoms with van der Waals surface area (Å²) in [7, 11) is 1.55. The largest absolute Gasteiger partial charge is 0.497 e. The molecule has 1 atom stereocenters. The summed E-state index contributed by atoms with van der Waals surface area (Å²) in [5.41, 5.74) is 1.37. The van der Waals surface area contributed by atoms with E-state index in [0.717, 1.165) is 18.2 Å². The lowest BCUT2D eigenvalue weighted by atomic mass is 10.0. The molecule has 0 amide bonds. The maximum Gasteiger partial charge on any atom is 0.322 e. The molecule has 0 spiro atoms. The summed E-state index contributed by atoms with van der Waals surface area (Å²) >= 11 is 0. The van der Waals surface area contributed by atoms with E-state index in [0.29, 0.717) is 67.8 Å². The van der Waals surface area contributed by atoms with Crippen molar-refractivity contribution >= 4 is 22.9 Å². The number of fused-ring (bicyclic) bond motifs is 1. The van der Waals surface area contributed by atoms with Crippen LogP contribution in [0.1, 0.15) is 17.5 Å². The van der Waals surface area contributed by atoms with Crippen LogP contribution in [0.25, 0.3) is 17.0 Å². The van der Waals surface area contributed by atoms with Crippen molar-refractivity contribution in [3.8, 4) is 5.75 Å². The van der Waals surface area contributed by atoms with Crippen molar-refractivity contribution in [3.63, 3.8) is 0 Å². The van der Waals surface area contributed by atoms with Crippen LogP contribution < -0.4 is 4.74 Å². The molecule has 6 nitrogen and oxygen atoms in total. The smallest absolute Gasteiger partial charge is 0.322 e. The number of carbonyl (C=O) groups is 1. The van der Waals surface area contributed by atoms with Gasteiger partial charge in [-0.3, -0.25) is 19.6 Å². The first kappa shape index (κ1) is 25.7. The van der Waals surface area contributed by atoms with Gasteiger partial charge >= 0.3 is 5.97 Å². The molecule has 190 valence electrons. The monoisotopic (exact) mass is 499 g/mol. The number of carboxylic acids is 1. The predicted molar refractivity (Wildman–Crippen MR) is 131 cm³/mol. The molecule has 0 bridgehead atoms. The average Bonchev–Trinajstić information content (AvgIpc) is 2.87. The molecule has 0 radical (unpaired) electrons. The van der Waals surface area contributed by atoms with Gasteiger partial charge in [0.1, 0.15) is 29.2 Å². The van der Waals surface area contributed by atoms with E-state index in [1.54, 1.807) is 31.4 Å². The predicted octanol–water partition coefficient (Wildman–Crippen LogP) is 4.38. The second kappa shape index (κ2) is 11.5. The Bertz CT molecular complexity index is 1270. The van der Waals surface area contributed by atoms with Gasteiger partial charge in [0.05, 0.1) is 18.8 Å². The van der Waals surface area contributed by atoms with Crippen molar-refractivity contribution in [2.75, 3.05) is 39.8 Å². The van der Waals surface area contributed by atoms with Gasteiger partial charge < -0.3 is 9.84 Å². The molecule has 1 saturated heterocycles. The molecule has 1 aliphatic heterocycles. The average molecular weight is 500 g/mol. The van der Waals surface area contributed by atoms with E-state index in [-0.39, 0.29) is 5.56 Å². The Kier molecular flexibility index (Phi) is 8.22. The highest BCUT2D eigenvalue weighted by molar-refractivity contribution is 5.83. The first-order valence-electron chi connectivity index (χ1n) is 11.8. The number of aryl methyl sites for hydroxylation is 1. The highest BCUT2D eigenvalue weighted by atomic mass is 19.1. The zero-order chi connectivity index (χ0) is 25.7. The van der Waals surface area contributed by atoms with Gasteiger partial charge in [-0.25, -0.2) is 13.2 Å². The molecule has 1 N–H and O–H groups in total. The number of pyridine rings is 1. The third kappa shape index (κ3) is 6.03. The first-order chi connectivity index (χ1) is 17.4. The summed E-state index contributed by atoms with van der Waals surface area (Å²) in [5.74, 6) is -1.73. The minimum Gasteiger partial charge on any atom is -0.497 e. The van der Waals surface area contributed by atoms with Crippen LogP contribution in [0, 0.1) is 17.5 Å². The Balaban J connectivity index is 1.36. The molecule has 1 aromatic heterocycles. The summed E-state index contributed by atoms with van der Waals surface area (Å²) in [6, 6.07) is 7.87. The Hall–Kier alpha value is -3.43. The lowest BCUT2D eigenvalue weighted by Gasteiger charge is -2.39. The van der Waals surface area contributed by atoms with Crippen molar-refractivity contribution in [2.24, 2.45) is 0 Å². The molecular formula is C27H28F3N3O3. The molecule has 0 aliphatic carbocycles. The second-order valence-corrected chi connectivity index (χ2v) is 8.79. The molecule has 9 heteroatoms. The summed E-state index contributed by atoms with van der Waals surface area (Å²) in [5, 5.41) is 10.5. The van der Waals surface area contributed by atoms with Crippen LogP contribution in [0.4, 0.5) is 13.2 Å². The summed E-state index contributed by atoms with van der Waals surface area (Å²) < 4.78 is 47.0. The Labute approximate surface area is 207 Å². The van der Waals surface area contributed by atoms with Gasteiger partial charge in [-0.15, -0.1) is 0 Å². The fourth-order valence-corrected chi connectivity index (χ4v) is 4.56. The minimum atomic E-state index is -0.926. The van der Waals surface area contributed by atoms with Gasteiger partial charge in [-0.05, 0) is 61.3 Å². The van der Waals surface area contributed by atoms with E-state index in [9.17, 15) is 23.1 Å². The molecular weight excluding hydrogens is 471 g/mol. The molecule has 36 heavy (non-hydrogen) atoms. The summed E-state index contributed by atoms with van der Waals surface area (Å²) in [4.78, 5) is 20.0. The number of carboxylic acid groups (broad SMARTS) is 1. The second-order valence-electron chi connectivity index (χ2n) is 8.79. The number of piperazine rings is 1. The Morgan fingerprint density at radius 2 is 2.00 bits per heavy atom. The van der Waals surface area contributed by atoms with E-state index in [1.807, 2.05) is 9.80 Å². The van der Waals surface area contributed by atoms with E-state index >= 15 is 0 Å². The van der Waals surface area contributed by atoms with Crippen LogP contribution in [0.2, 0.25) is 0 Å². The molecule has 2 heterocycles. The maximum absolute atomic E-state index is 14.6. The molecule has 0 saturated carbocycles. The number of halogens is 3. The zero-order valence-corrected chi connectivity index (χ0v) is 20.0. The lowest BCUT2D eigenvalue weighted by Crippen LogP contribution is -2.56. The van der Waals surface area contributed by atoms with E-state index in [4.69, 9.17) is 4.74 Å². The SMILES string of the molecule is COc1ccc2ncc(F)c(CCCN3CCN(C/C=C/c4cc(F)ccc4F)C[C@@H]3C(=O)O)c2c1. The van der Waals surface area contributed by atoms with Crippen LogP contribution >= 0.6 is 0 Å². The van der Waals surface area contributed by atoms with E-state index in [2.05, 4.69) is 4.98 Å². The van der Waals surface area contributed by atoms with Gasteiger partial charge in [0.2, 0.25) is 0 Å². The molecule has 2 aromatic carbocycles. The van der Waals surface area contributed by atoms with E-state index in [1.165, 1.54) is 12.3 Å². The lowest BCUT2D eigenvalue weighted by molar-refractivity contribution is -0.145. The van der Waals surface area contributed by atoms with Crippen molar-refractivity contribution in [2.45, 2.75) is 18.9 Å². The maximum atomic E-state index is 14.6. The highest BCUT2D eigenvalue weighted by Crippen LogP contribution is 2.26. The first-order valence-corrected chi connectivity index (χ1v) is 11.8. The number of methoxy groups -OCH3 is 1. The van der Waals surface area contributed by atoms with Crippen molar-refractivity contribution in [1.29, 1.82) is 0 Å².